The van der Waals surface area contributed by atoms with Crippen molar-refractivity contribution in [2.75, 3.05) is 11.9 Å². The molecule has 4 heteroatoms. The first-order valence-electron chi connectivity index (χ1n) is 4.89. The molecule has 0 atom stereocenters. The van der Waals surface area contributed by atoms with Gasteiger partial charge in [0, 0.05) is 18.1 Å². The van der Waals surface area contributed by atoms with Crippen LogP contribution in [0.2, 0.25) is 0 Å². The van der Waals surface area contributed by atoms with E-state index < -0.39 is 0 Å². The zero-order chi connectivity index (χ0) is 9.10. The van der Waals surface area contributed by atoms with E-state index in [0.717, 1.165) is 23.4 Å². The van der Waals surface area contributed by atoms with Gasteiger partial charge in [0.2, 0.25) is 5.13 Å². The number of hydrogen-bond donors (Lipinski definition) is 1. The molecule has 3 nitrogen and oxygen atoms in total. The van der Waals surface area contributed by atoms with E-state index in [1.54, 1.807) is 0 Å². The summed E-state index contributed by atoms with van der Waals surface area (Å²) in [7, 11) is 0. The van der Waals surface area contributed by atoms with Gasteiger partial charge in [0.25, 0.3) is 0 Å². The smallest absolute Gasteiger partial charge is 0.202 e. The van der Waals surface area contributed by atoms with Crippen LogP contribution in [0, 0.1) is 12.8 Å². The zero-order valence-electron chi connectivity index (χ0n) is 7.92. The van der Waals surface area contributed by atoms with E-state index in [0.29, 0.717) is 0 Å². The van der Waals surface area contributed by atoms with Crippen LogP contribution in [-0.2, 0) is 0 Å². The molecule has 1 aromatic heterocycles. The van der Waals surface area contributed by atoms with E-state index in [9.17, 15) is 0 Å². The largest absolute Gasteiger partial charge is 0.360 e. The molecule has 0 aromatic carbocycles. The average molecular weight is 197 g/mol. The summed E-state index contributed by atoms with van der Waals surface area (Å²) in [5.74, 6) is 1.74. The minimum atomic E-state index is 0.865. The molecule has 72 valence electrons. The van der Waals surface area contributed by atoms with Crippen LogP contribution in [0.1, 0.15) is 31.5 Å². The number of aromatic nitrogens is 2. The second-order valence-corrected chi connectivity index (χ2v) is 4.43. The van der Waals surface area contributed by atoms with Gasteiger partial charge in [-0.15, -0.1) is 0 Å². The molecule has 0 bridgehead atoms. The Morgan fingerprint density at radius 2 is 2.23 bits per heavy atom. The summed E-state index contributed by atoms with van der Waals surface area (Å²) >= 11 is 1.46. The van der Waals surface area contributed by atoms with E-state index in [2.05, 4.69) is 14.7 Å². The molecule has 1 N–H and O–H groups in total. The fraction of sp³-hybridized carbons (Fsp3) is 0.778. The van der Waals surface area contributed by atoms with Crippen molar-refractivity contribution < 1.29 is 0 Å². The standard InChI is InChI=1S/C9H15N3S/c1-7-11-9(13-12-7)10-6-8-4-2-3-5-8/h8H,2-6H2,1H3,(H,10,11,12). The Labute approximate surface area is 82.8 Å². The van der Waals surface area contributed by atoms with Crippen LogP contribution in [0.3, 0.4) is 0 Å². The highest BCUT2D eigenvalue weighted by molar-refractivity contribution is 7.09. The van der Waals surface area contributed by atoms with Crippen LogP contribution in [0.25, 0.3) is 0 Å². The monoisotopic (exact) mass is 197 g/mol. The third-order valence-electron chi connectivity index (χ3n) is 2.54. The number of hydrogen-bond acceptors (Lipinski definition) is 4. The second-order valence-electron chi connectivity index (χ2n) is 3.68. The van der Waals surface area contributed by atoms with E-state index in [-0.39, 0.29) is 0 Å². The molecular formula is C9H15N3S. The molecule has 1 aliphatic carbocycles. The summed E-state index contributed by atoms with van der Waals surface area (Å²) in [5.41, 5.74) is 0. The molecule has 0 amide bonds. The van der Waals surface area contributed by atoms with Gasteiger partial charge in [-0.2, -0.15) is 4.37 Å². The number of aryl methyl sites for hydroxylation is 1. The highest BCUT2D eigenvalue weighted by atomic mass is 32.1. The third kappa shape index (κ3) is 2.40. The molecule has 0 unspecified atom stereocenters. The maximum absolute atomic E-state index is 4.27. The van der Waals surface area contributed by atoms with E-state index >= 15 is 0 Å². The molecular weight excluding hydrogens is 182 g/mol. The van der Waals surface area contributed by atoms with Gasteiger partial charge in [-0.3, -0.25) is 0 Å². The quantitative estimate of drug-likeness (QED) is 0.808. The first-order chi connectivity index (χ1) is 6.34. The third-order valence-corrected chi connectivity index (χ3v) is 3.31. The minimum absolute atomic E-state index is 0.865. The Bertz CT molecular complexity index is 266. The Balaban J connectivity index is 1.78. The van der Waals surface area contributed by atoms with E-state index in [1.165, 1.54) is 37.2 Å². The average Bonchev–Trinajstić information content (AvgIpc) is 2.71. The van der Waals surface area contributed by atoms with Gasteiger partial charge in [0.1, 0.15) is 5.82 Å². The predicted octanol–water partition coefficient (Wildman–Crippen LogP) is 2.45. The van der Waals surface area contributed by atoms with Crippen LogP contribution in [0.15, 0.2) is 0 Å². The highest BCUT2D eigenvalue weighted by Gasteiger charge is 2.14. The molecule has 1 heterocycles. The van der Waals surface area contributed by atoms with Crippen molar-refractivity contribution in [3.05, 3.63) is 5.82 Å². The van der Waals surface area contributed by atoms with Crippen LogP contribution in [0.5, 0.6) is 0 Å². The fourth-order valence-electron chi connectivity index (χ4n) is 1.82. The number of nitrogens with zero attached hydrogens (tertiary/aromatic N) is 2. The lowest BCUT2D eigenvalue weighted by Gasteiger charge is -2.08. The van der Waals surface area contributed by atoms with Crippen molar-refractivity contribution in [2.24, 2.45) is 5.92 Å². The molecule has 0 saturated heterocycles. The summed E-state index contributed by atoms with van der Waals surface area (Å²) in [6, 6.07) is 0. The van der Waals surface area contributed by atoms with Crippen LogP contribution >= 0.6 is 11.5 Å². The molecule has 0 radical (unpaired) electrons. The Morgan fingerprint density at radius 1 is 1.46 bits per heavy atom. The summed E-state index contributed by atoms with van der Waals surface area (Å²) in [5, 5.41) is 4.33. The fourth-order valence-corrected chi connectivity index (χ4v) is 2.40. The number of rotatable bonds is 3. The molecule has 1 fully saturated rings. The topological polar surface area (TPSA) is 37.8 Å². The SMILES string of the molecule is Cc1nsc(NCC2CCCC2)n1. The lowest BCUT2D eigenvalue weighted by Crippen LogP contribution is -2.10. The van der Waals surface area contributed by atoms with Gasteiger partial charge in [0.05, 0.1) is 0 Å². The maximum atomic E-state index is 4.27. The van der Waals surface area contributed by atoms with Crippen molar-refractivity contribution in [3.63, 3.8) is 0 Å². The highest BCUT2D eigenvalue weighted by Crippen LogP contribution is 2.25. The molecule has 0 spiro atoms. The van der Waals surface area contributed by atoms with Gasteiger partial charge in [-0.05, 0) is 25.7 Å². The summed E-state index contributed by atoms with van der Waals surface area (Å²) in [4.78, 5) is 4.27. The molecule has 1 saturated carbocycles. The van der Waals surface area contributed by atoms with Crippen molar-refractivity contribution in [2.45, 2.75) is 32.6 Å². The maximum Gasteiger partial charge on any atom is 0.202 e. The summed E-state index contributed by atoms with van der Waals surface area (Å²) < 4.78 is 4.13. The van der Waals surface area contributed by atoms with E-state index in [1.807, 2.05) is 6.92 Å². The number of anilines is 1. The van der Waals surface area contributed by atoms with Crippen molar-refractivity contribution in [3.8, 4) is 0 Å². The first kappa shape index (κ1) is 8.94. The van der Waals surface area contributed by atoms with Gasteiger partial charge in [-0.25, -0.2) is 4.98 Å². The number of nitrogens with one attached hydrogen (secondary N) is 1. The second kappa shape index (κ2) is 4.05. The Kier molecular flexibility index (Phi) is 2.78. The molecule has 13 heavy (non-hydrogen) atoms. The minimum Gasteiger partial charge on any atom is -0.360 e. The van der Waals surface area contributed by atoms with Crippen LogP contribution in [0.4, 0.5) is 5.13 Å². The van der Waals surface area contributed by atoms with Gasteiger partial charge >= 0.3 is 0 Å². The van der Waals surface area contributed by atoms with E-state index in [4.69, 9.17) is 0 Å². The molecule has 1 aliphatic rings. The first-order valence-corrected chi connectivity index (χ1v) is 5.66. The summed E-state index contributed by atoms with van der Waals surface area (Å²) in [6.45, 7) is 3.01. The zero-order valence-corrected chi connectivity index (χ0v) is 8.73. The van der Waals surface area contributed by atoms with Crippen molar-refractivity contribution >= 4 is 16.7 Å². The Morgan fingerprint density at radius 3 is 2.85 bits per heavy atom. The van der Waals surface area contributed by atoms with Gasteiger partial charge < -0.3 is 5.32 Å². The molecule has 1 aromatic rings. The van der Waals surface area contributed by atoms with Gasteiger partial charge in [-0.1, -0.05) is 12.8 Å². The Hall–Kier alpha value is -0.640. The van der Waals surface area contributed by atoms with Crippen molar-refractivity contribution in [1.82, 2.24) is 9.36 Å². The molecule has 0 aliphatic heterocycles. The lowest BCUT2D eigenvalue weighted by atomic mass is 10.1. The molecule has 2 rings (SSSR count). The van der Waals surface area contributed by atoms with Crippen LogP contribution in [-0.4, -0.2) is 15.9 Å². The summed E-state index contributed by atoms with van der Waals surface area (Å²) in [6.07, 6.45) is 5.57. The predicted molar refractivity (Wildman–Crippen MR) is 55.1 cm³/mol. The van der Waals surface area contributed by atoms with Crippen molar-refractivity contribution in [1.29, 1.82) is 0 Å². The lowest BCUT2D eigenvalue weighted by molar-refractivity contribution is 0.579. The normalized spacial score (nSPS) is 17.9. The van der Waals surface area contributed by atoms with Crippen LogP contribution < -0.4 is 5.32 Å². The van der Waals surface area contributed by atoms with Gasteiger partial charge in [0.15, 0.2) is 0 Å².